The van der Waals surface area contributed by atoms with E-state index in [4.69, 9.17) is 9.58 Å². The summed E-state index contributed by atoms with van der Waals surface area (Å²) in [6.07, 6.45) is 9.77. The van der Waals surface area contributed by atoms with Gasteiger partial charge in [-0.1, -0.05) is 0 Å². The molecular weight excluding hydrogens is 460 g/mol. The summed E-state index contributed by atoms with van der Waals surface area (Å²) in [4.78, 5) is 0. The monoisotopic (exact) mass is 482 g/mol. The van der Waals surface area contributed by atoms with Gasteiger partial charge in [0.1, 0.15) is 0 Å². The molecule has 0 aliphatic heterocycles. The van der Waals surface area contributed by atoms with Crippen LogP contribution in [0.25, 0.3) is 5.69 Å². The van der Waals surface area contributed by atoms with Gasteiger partial charge in [-0.05, 0) is 0 Å². The van der Waals surface area contributed by atoms with Crippen molar-refractivity contribution in [3.63, 3.8) is 0 Å². The molecule has 0 radical (unpaired) electrons. The first-order valence-corrected chi connectivity index (χ1v) is 11.7. The fraction of sp³-hybridized carbons (Fsp3) is 0.471. The summed E-state index contributed by atoms with van der Waals surface area (Å²) in [5.41, 5.74) is 5.31. The number of nitrogens with zero attached hydrogens (tertiary/aromatic N) is 2. The molecule has 0 saturated heterocycles. The van der Waals surface area contributed by atoms with Gasteiger partial charge >= 0.3 is 138 Å². The molecule has 1 aliphatic carbocycles. The van der Waals surface area contributed by atoms with Crippen molar-refractivity contribution in [1.82, 2.24) is 9.13 Å². The number of aromatic nitrogens is 2. The molecule has 1 saturated carbocycles. The van der Waals surface area contributed by atoms with Crippen LogP contribution in [0.2, 0.25) is 0 Å². The summed E-state index contributed by atoms with van der Waals surface area (Å²) in [6, 6.07) is 5.19. The standard InChI is InChI=1S/C17H22N2.ClH.Ir/c1-13-10-14(2)17(15(3)11-13)19-9-8-18(12-19)16-6-4-5-7-16;;/h8-11,16H,4-7H2,1-3H3;1H;/q;;+1/p-1. The van der Waals surface area contributed by atoms with Crippen LogP contribution >= 0.6 is 9.58 Å². The maximum absolute atomic E-state index is 6.43. The van der Waals surface area contributed by atoms with E-state index in [0.29, 0.717) is 6.04 Å². The second-order valence-electron chi connectivity index (χ2n) is 6.07. The summed E-state index contributed by atoms with van der Waals surface area (Å²) >= 11 is -0.616. The zero-order chi connectivity index (χ0) is 15.0. The normalized spacial score (nSPS) is 17.6. The molecule has 0 atom stereocenters. The fourth-order valence-electron chi connectivity index (χ4n) is 3.60. The van der Waals surface area contributed by atoms with Crippen molar-refractivity contribution in [1.29, 1.82) is 0 Å². The molecular formula is C17H22ClIrN2. The molecule has 1 aliphatic rings. The fourth-order valence-corrected chi connectivity index (χ4v) is 6.15. The summed E-state index contributed by atoms with van der Waals surface area (Å²) in [5.74, 6) is 0. The Morgan fingerprint density at radius 1 is 1.05 bits per heavy atom. The van der Waals surface area contributed by atoms with Crippen molar-refractivity contribution in [2.45, 2.75) is 52.5 Å². The maximum atomic E-state index is 6.43. The van der Waals surface area contributed by atoms with Crippen molar-refractivity contribution in [2.75, 3.05) is 0 Å². The van der Waals surface area contributed by atoms with E-state index < -0.39 is 16.2 Å². The Morgan fingerprint density at radius 3 is 2.24 bits per heavy atom. The number of hydrogen-bond acceptors (Lipinski definition) is 0. The number of hydrogen-bond donors (Lipinski definition) is 0. The molecule has 21 heavy (non-hydrogen) atoms. The van der Waals surface area contributed by atoms with Crippen molar-refractivity contribution in [3.05, 3.63) is 45.1 Å². The third-order valence-electron chi connectivity index (χ3n) is 4.42. The molecule has 2 nitrogen and oxygen atoms in total. The van der Waals surface area contributed by atoms with E-state index in [1.165, 1.54) is 52.0 Å². The average molecular weight is 482 g/mol. The molecule has 1 fully saturated rings. The zero-order valence-corrected chi connectivity index (χ0v) is 16.0. The van der Waals surface area contributed by atoms with Gasteiger partial charge in [-0.15, -0.1) is 0 Å². The minimum absolute atomic E-state index is 0.616. The van der Waals surface area contributed by atoms with Crippen LogP contribution in [0, 0.1) is 24.7 Å². The van der Waals surface area contributed by atoms with Crippen LogP contribution in [0.1, 0.15) is 48.4 Å². The predicted octanol–water partition coefficient (Wildman–Crippen LogP) is 5.09. The second kappa shape index (κ2) is 6.24. The molecule has 1 aromatic heterocycles. The van der Waals surface area contributed by atoms with E-state index in [9.17, 15) is 0 Å². The van der Waals surface area contributed by atoms with E-state index in [1.807, 2.05) is 0 Å². The van der Waals surface area contributed by atoms with Gasteiger partial charge in [0.05, 0.1) is 0 Å². The molecule has 4 heteroatoms. The summed E-state index contributed by atoms with van der Waals surface area (Å²) in [7, 11) is 6.43. The molecule has 0 bridgehead atoms. The van der Waals surface area contributed by atoms with Gasteiger partial charge in [-0.2, -0.15) is 0 Å². The molecule has 0 spiro atoms. The van der Waals surface area contributed by atoms with Crippen molar-refractivity contribution >= 4 is 9.58 Å². The Hall–Kier alpha value is -0.631. The first kappa shape index (κ1) is 15.3. The molecule has 0 unspecified atom stereocenters. The Bertz CT molecular complexity index is 698. The van der Waals surface area contributed by atoms with Crippen LogP contribution in [0.15, 0.2) is 24.5 Å². The van der Waals surface area contributed by atoms with Crippen LogP contribution in [-0.2, 0) is 16.2 Å². The van der Waals surface area contributed by atoms with Gasteiger partial charge in [-0.25, -0.2) is 0 Å². The number of aryl methyl sites for hydroxylation is 3. The van der Waals surface area contributed by atoms with Gasteiger partial charge in [-0.3, -0.25) is 0 Å². The van der Waals surface area contributed by atoms with Gasteiger partial charge in [0.2, 0.25) is 0 Å². The summed E-state index contributed by atoms with van der Waals surface area (Å²) in [6.45, 7) is 6.56. The summed E-state index contributed by atoms with van der Waals surface area (Å²) in [5, 5.41) is 0. The third-order valence-corrected chi connectivity index (χ3v) is 6.94. The predicted molar refractivity (Wildman–Crippen MR) is 84.6 cm³/mol. The number of rotatable bonds is 2. The Labute approximate surface area is 138 Å². The van der Waals surface area contributed by atoms with Crippen LogP contribution in [-0.4, -0.2) is 9.13 Å². The molecule has 1 heterocycles. The van der Waals surface area contributed by atoms with Crippen LogP contribution in [0.4, 0.5) is 0 Å². The average Bonchev–Trinajstić information content (AvgIpc) is 3.05. The van der Waals surface area contributed by atoms with Crippen LogP contribution in [0.5, 0.6) is 0 Å². The van der Waals surface area contributed by atoms with Crippen LogP contribution in [0.3, 0.4) is 0 Å². The molecule has 1 aromatic carbocycles. The molecule has 0 N–H and O–H groups in total. The van der Waals surface area contributed by atoms with E-state index in [1.54, 1.807) is 0 Å². The van der Waals surface area contributed by atoms with Crippen molar-refractivity contribution in [3.8, 4) is 5.69 Å². The van der Waals surface area contributed by atoms with E-state index in [2.05, 4.69) is 54.4 Å². The van der Waals surface area contributed by atoms with E-state index in [0.717, 1.165) is 0 Å². The molecule has 3 rings (SSSR count). The summed E-state index contributed by atoms with van der Waals surface area (Å²) < 4.78 is 6.13. The van der Waals surface area contributed by atoms with Crippen molar-refractivity contribution in [2.24, 2.45) is 0 Å². The molecule has 0 amide bonds. The number of imidazole rings is 1. The number of halogens is 1. The van der Waals surface area contributed by atoms with Gasteiger partial charge in [0.25, 0.3) is 0 Å². The van der Waals surface area contributed by atoms with Crippen LogP contribution < -0.4 is 0 Å². The first-order chi connectivity index (χ1) is 10.1. The quantitative estimate of drug-likeness (QED) is 0.565. The van der Waals surface area contributed by atoms with Crippen molar-refractivity contribution < 1.29 is 16.2 Å². The molecule has 116 valence electrons. The SMILES string of the molecule is Cc1cc(C)c(-n2ccn(C3CCCC3)[c]2=[Ir][Cl])c(C)c1. The Balaban J connectivity index is 2.16. The van der Waals surface area contributed by atoms with Gasteiger partial charge in [0.15, 0.2) is 0 Å². The Morgan fingerprint density at radius 2 is 1.67 bits per heavy atom. The van der Waals surface area contributed by atoms with E-state index >= 15 is 0 Å². The molecule has 2 aromatic rings. The van der Waals surface area contributed by atoms with Gasteiger partial charge < -0.3 is 0 Å². The topological polar surface area (TPSA) is 9.86 Å². The van der Waals surface area contributed by atoms with E-state index in [-0.39, 0.29) is 0 Å². The minimum atomic E-state index is -0.616. The van der Waals surface area contributed by atoms with Gasteiger partial charge in [0, 0.05) is 0 Å². The Kier molecular flexibility index (Phi) is 4.54. The number of benzene rings is 1. The third kappa shape index (κ3) is 2.84. The first-order valence-electron chi connectivity index (χ1n) is 7.54. The second-order valence-corrected chi connectivity index (χ2v) is 8.63. The zero-order valence-electron chi connectivity index (χ0n) is 12.8.